The Morgan fingerprint density at radius 2 is 0.681 bits per heavy atom. The van der Waals surface area contributed by atoms with E-state index in [0.29, 0.717) is 31.7 Å². The van der Waals surface area contributed by atoms with Gasteiger partial charge >= 0.3 is 0 Å². The van der Waals surface area contributed by atoms with Crippen molar-refractivity contribution in [2.45, 2.75) is 76.2 Å². The van der Waals surface area contributed by atoms with Crippen LogP contribution in [0.15, 0.2) is 91.0 Å². The highest BCUT2D eigenvalue weighted by Gasteiger charge is 2.21. The molecule has 5 aromatic carbocycles. The molecule has 0 aromatic heterocycles. The van der Waals surface area contributed by atoms with E-state index >= 15 is 0 Å². The number of anilines is 6. The summed E-state index contributed by atoms with van der Waals surface area (Å²) in [5.74, 6) is -0.421. The number of aryl methyl sites for hydroxylation is 5. The Kier molecular flexibility index (Phi) is 31.5. The monoisotopic (exact) mass is 1090 g/mol. The van der Waals surface area contributed by atoms with Crippen LogP contribution in [0.5, 0.6) is 0 Å². The van der Waals surface area contributed by atoms with Crippen molar-refractivity contribution in [3.8, 4) is 0 Å². The van der Waals surface area contributed by atoms with Gasteiger partial charge in [-0.2, -0.15) is 0 Å². The normalized spacial score (nSPS) is 10.4. The van der Waals surface area contributed by atoms with Gasteiger partial charge in [0.1, 0.15) is 5.82 Å². The topological polar surface area (TPSA) is 282 Å². The molecular weight excluding hydrogens is 1010 g/mol. The molecule has 72 heavy (non-hydrogen) atoms. The van der Waals surface area contributed by atoms with Gasteiger partial charge in [-0.15, -0.1) is 49.6 Å². The van der Waals surface area contributed by atoms with Crippen LogP contribution in [0.4, 0.5) is 55.6 Å². The number of benzene rings is 5. The fourth-order valence-corrected chi connectivity index (χ4v) is 5.98. The van der Waals surface area contributed by atoms with Crippen LogP contribution in [0.3, 0.4) is 0 Å². The quantitative estimate of drug-likeness (QED) is 0.0244. The van der Waals surface area contributed by atoms with E-state index < -0.39 is 20.6 Å². The number of halogens is 5. The van der Waals surface area contributed by atoms with Gasteiger partial charge in [-0.25, -0.2) is 4.39 Å². The van der Waals surface area contributed by atoms with Crippen LogP contribution >= 0.6 is 49.6 Å². The fourth-order valence-electron chi connectivity index (χ4n) is 5.98. The zero-order valence-corrected chi connectivity index (χ0v) is 46.3. The summed E-state index contributed by atoms with van der Waals surface area (Å²) in [5, 5.41) is 45.5. The lowest BCUT2D eigenvalue weighted by atomic mass is 9.92. The standard InChI is InChI=1S/C19H24N4O4.C19H28N4.C7H6FNO2.C5H14N2.4ClH/c1-13-9-15(22(24)25)5-7-17(13)20-11-19(3,4)12-21-18-8-6-16(23(26)27)10-14(18)2;1-13-9-15(20)5-7-17(13)22-11-19(3,4)12-23-18-8-6-16(21)10-14(18)2;1-5-4-6(9(10)11)2-3-7(5)8;1-5(2,3-6)4-7;;;;/h5-10,20-21H,11-12H2,1-4H3;5-10,22-23H,11-12,20-21H2,1-4H3;2-4H,1H3;3-4,6-7H2,1-2H3;4*1H. The van der Waals surface area contributed by atoms with Gasteiger partial charge < -0.3 is 44.2 Å². The molecule has 0 aliphatic rings. The summed E-state index contributed by atoms with van der Waals surface area (Å²) in [6.45, 7) is 26.5. The summed E-state index contributed by atoms with van der Waals surface area (Å²) in [4.78, 5) is 30.4. The zero-order chi connectivity index (χ0) is 51.6. The van der Waals surface area contributed by atoms with Gasteiger partial charge in [0.05, 0.1) is 14.8 Å². The van der Waals surface area contributed by atoms with Gasteiger partial charge in [-0.1, -0.05) is 41.5 Å². The number of nitrogens with one attached hydrogen (secondary N) is 4. The first-order valence-electron chi connectivity index (χ1n) is 22.1. The molecule has 402 valence electrons. The van der Waals surface area contributed by atoms with E-state index in [-0.39, 0.29) is 82.9 Å². The Balaban J connectivity index is -0.000000955. The number of non-ortho nitro benzene ring substituents is 3. The van der Waals surface area contributed by atoms with Crippen molar-refractivity contribution in [3.05, 3.63) is 155 Å². The van der Waals surface area contributed by atoms with E-state index in [9.17, 15) is 34.7 Å². The molecule has 12 N–H and O–H groups in total. The number of nitrogens with two attached hydrogens (primary N) is 4. The van der Waals surface area contributed by atoms with Gasteiger partial charge in [0.25, 0.3) is 17.1 Å². The first kappa shape index (κ1) is 70.4. The van der Waals surface area contributed by atoms with Crippen LogP contribution < -0.4 is 44.2 Å². The molecule has 0 amide bonds. The minimum Gasteiger partial charge on any atom is -0.399 e. The molecule has 0 aliphatic carbocycles. The molecule has 5 aromatic rings. The predicted octanol–water partition coefficient (Wildman–Crippen LogP) is 12.3. The maximum absolute atomic E-state index is 12.5. The third-order valence-corrected chi connectivity index (χ3v) is 10.8. The third-order valence-electron chi connectivity index (χ3n) is 10.8. The Morgan fingerprint density at radius 1 is 0.431 bits per heavy atom. The lowest BCUT2D eigenvalue weighted by Gasteiger charge is -2.27. The highest BCUT2D eigenvalue weighted by molar-refractivity contribution is 5.86. The van der Waals surface area contributed by atoms with Crippen molar-refractivity contribution >= 4 is 101 Å². The summed E-state index contributed by atoms with van der Waals surface area (Å²) in [6, 6.07) is 24.9. The summed E-state index contributed by atoms with van der Waals surface area (Å²) >= 11 is 0. The largest absolute Gasteiger partial charge is 0.399 e. The molecular formula is C50H76Cl4FN11O6. The number of nitro groups is 3. The van der Waals surface area contributed by atoms with E-state index in [4.69, 9.17) is 22.9 Å². The second kappa shape index (κ2) is 32.2. The van der Waals surface area contributed by atoms with Crippen LogP contribution in [0.2, 0.25) is 0 Å². The van der Waals surface area contributed by atoms with Crippen LogP contribution in [0.25, 0.3) is 0 Å². The molecule has 0 saturated heterocycles. The number of nitrogens with zero attached hydrogens (tertiary/aromatic N) is 3. The van der Waals surface area contributed by atoms with E-state index in [1.165, 1.54) is 36.2 Å². The van der Waals surface area contributed by atoms with Crippen LogP contribution in [-0.2, 0) is 0 Å². The van der Waals surface area contributed by atoms with Gasteiger partial charge in [0, 0.05) is 96.7 Å². The lowest BCUT2D eigenvalue weighted by Crippen LogP contribution is -2.31. The summed E-state index contributed by atoms with van der Waals surface area (Å²) in [6.07, 6.45) is 0. The maximum atomic E-state index is 12.5. The Bertz CT molecular complexity index is 2370. The number of hydrogen-bond donors (Lipinski definition) is 8. The average molecular weight is 1090 g/mol. The first-order valence-corrected chi connectivity index (χ1v) is 22.1. The second-order valence-corrected chi connectivity index (χ2v) is 19.2. The average Bonchev–Trinajstić information content (AvgIpc) is 3.26. The Morgan fingerprint density at radius 3 is 0.903 bits per heavy atom. The van der Waals surface area contributed by atoms with E-state index in [2.05, 4.69) is 62.8 Å². The van der Waals surface area contributed by atoms with E-state index in [1.807, 2.05) is 64.1 Å². The lowest BCUT2D eigenvalue weighted by molar-refractivity contribution is -0.385. The Hall–Kier alpha value is -5.89. The van der Waals surface area contributed by atoms with E-state index in [1.54, 1.807) is 24.3 Å². The van der Waals surface area contributed by atoms with E-state index in [0.717, 1.165) is 70.5 Å². The molecule has 0 bridgehead atoms. The number of nitro benzene ring substituents is 3. The second-order valence-electron chi connectivity index (χ2n) is 19.2. The van der Waals surface area contributed by atoms with Gasteiger partial charge in [-0.3, -0.25) is 30.3 Å². The highest BCUT2D eigenvalue weighted by atomic mass is 35.5. The van der Waals surface area contributed by atoms with Gasteiger partial charge in [0.15, 0.2) is 0 Å². The molecule has 0 aliphatic heterocycles. The van der Waals surface area contributed by atoms with Crippen LogP contribution in [-0.4, -0.2) is 54.0 Å². The number of hydrogen-bond acceptors (Lipinski definition) is 14. The molecule has 0 fully saturated rings. The molecule has 22 heteroatoms. The number of nitrogen functional groups attached to an aromatic ring is 2. The summed E-state index contributed by atoms with van der Waals surface area (Å²) in [5.41, 5.74) is 32.3. The van der Waals surface area contributed by atoms with Crippen molar-refractivity contribution in [1.82, 2.24) is 0 Å². The first-order chi connectivity index (χ1) is 31.6. The van der Waals surface area contributed by atoms with Gasteiger partial charge in [-0.05, 0) is 146 Å². The van der Waals surface area contributed by atoms with Crippen molar-refractivity contribution in [1.29, 1.82) is 0 Å². The molecule has 0 radical (unpaired) electrons. The number of rotatable bonds is 17. The molecule has 0 spiro atoms. The third kappa shape index (κ3) is 25.0. The van der Waals surface area contributed by atoms with Crippen molar-refractivity contribution in [3.63, 3.8) is 0 Å². The van der Waals surface area contributed by atoms with Crippen molar-refractivity contribution in [2.24, 2.45) is 27.7 Å². The maximum Gasteiger partial charge on any atom is 0.269 e. The Labute approximate surface area is 448 Å². The summed E-state index contributed by atoms with van der Waals surface area (Å²) in [7, 11) is 0. The zero-order valence-electron chi connectivity index (χ0n) is 43.0. The molecule has 0 heterocycles. The van der Waals surface area contributed by atoms with Crippen LogP contribution in [0, 0.1) is 87.0 Å². The molecule has 5 rings (SSSR count). The predicted molar refractivity (Wildman–Crippen MR) is 307 cm³/mol. The van der Waals surface area contributed by atoms with Crippen LogP contribution in [0.1, 0.15) is 69.4 Å². The molecule has 0 atom stereocenters. The minimum absolute atomic E-state index is 0. The summed E-state index contributed by atoms with van der Waals surface area (Å²) < 4.78 is 12.5. The fraction of sp³-hybridized carbons (Fsp3) is 0.400. The van der Waals surface area contributed by atoms with Gasteiger partial charge in [0.2, 0.25) is 0 Å². The van der Waals surface area contributed by atoms with Crippen molar-refractivity contribution < 1.29 is 19.2 Å². The molecule has 0 saturated carbocycles. The molecule has 0 unspecified atom stereocenters. The van der Waals surface area contributed by atoms with Crippen molar-refractivity contribution in [2.75, 3.05) is 72.0 Å². The molecule has 17 nitrogen and oxygen atoms in total. The smallest absolute Gasteiger partial charge is 0.269 e. The minimum atomic E-state index is -0.549. The SMILES string of the molecule is CC(C)(CN)CN.Cc1cc(N)ccc1NCC(C)(C)CNc1ccc(N)cc1C.Cc1cc([N+](=O)[O-])ccc1F.Cc1cc([N+](=O)[O-])ccc1NCC(C)(C)CNc1ccc([N+](=O)[O-])cc1C.Cl.Cl.Cl.Cl. The highest BCUT2D eigenvalue weighted by Crippen LogP contribution is 2.27.